The molecule has 1 fully saturated rings. The number of anilines is 1. The predicted molar refractivity (Wildman–Crippen MR) is 106 cm³/mol. The van der Waals surface area contributed by atoms with Crippen molar-refractivity contribution >= 4 is 34.5 Å². The normalized spacial score (nSPS) is 15.6. The molecule has 3 aromatic rings. The molecule has 7 heteroatoms. The molecule has 26 heavy (non-hydrogen) atoms. The van der Waals surface area contributed by atoms with Crippen LogP contribution in [0.15, 0.2) is 42.7 Å². The van der Waals surface area contributed by atoms with Crippen molar-refractivity contribution in [2.45, 2.75) is 6.54 Å². The number of nitrogens with zero attached hydrogens (tertiary/aromatic N) is 4. The van der Waals surface area contributed by atoms with E-state index in [0.29, 0.717) is 15.8 Å². The monoisotopic (exact) mass is 390 g/mol. The number of halogens is 2. The highest BCUT2D eigenvalue weighted by atomic mass is 35.5. The maximum atomic E-state index is 6.25. The van der Waals surface area contributed by atoms with Crippen molar-refractivity contribution < 1.29 is 4.74 Å². The molecule has 136 valence electrons. The molecule has 0 N–H and O–H groups in total. The van der Waals surface area contributed by atoms with Crippen LogP contribution in [0.25, 0.3) is 5.65 Å². The highest BCUT2D eigenvalue weighted by Crippen LogP contribution is 2.29. The second kappa shape index (κ2) is 7.35. The molecule has 2 aromatic heterocycles. The predicted octanol–water partition coefficient (Wildman–Crippen LogP) is 3.97. The van der Waals surface area contributed by atoms with Gasteiger partial charge in [-0.25, -0.2) is 4.98 Å². The Morgan fingerprint density at radius 3 is 2.58 bits per heavy atom. The van der Waals surface area contributed by atoms with Gasteiger partial charge in [0.25, 0.3) is 0 Å². The summed E-state index contributed by atoms with van der Waals surface area (Å²) >= 11 is 12.3. The van der Waals surface area contributed by atoms with Gasteiger partial charge in [0.1, 0.15) is 11.4 Å². The molecule has 1 saturated heterocycles. The van der Waals surface area contributed by atoms with Crippen LogP contribution in [0.5, 0.6) is 5.75 Å². The summed E-state index contributed by atoms with van der Waals surface area (Å²) in [5, 5.41) is 1.36. The number of aromatic nitrogens is 2. The summed E-state index contributed by atoms with van der Waals surface area (Å²) in [6.07, 6.45) is 3.94. The highest BCUT2D eigenvalue weighted by Gasteiger charge is 2.19. The summed E-state index contributed by atoms with van der Waals surface area (Å²) in [5.74, 6) is 0.709. The van der Waals surface area contributed by atoms with E-state index in [1.165, 1.54) is 0 Å². The molecule has 5 nitrogen and oxygen atoms in total. The fourth-order valence-electron chi connectivity index (χ4n) is 3.34. The van der Waals surface area contributed by atoms with Gasteiger partial charge in [0, 0.05) is 50.8 Å². The first-order valence-corrected chi connectivity index (χ1v) is 9.32. The third-order valence-electron chi connectivity index (χ3n) is 4.72. The van der Waals surface area contributed by atoms with Crippen molar-refractivity contribution in [1.29, 1.82) is 0 Å². The van der Waals surface area contributed by atoms with Crippen LogP contribution < -0.4 is 9.64 Å². The second-order valence-electron chi connectivity index (χ2n) is 6.43. The molecule has 4 rings (SSSR count). The average Bonchev–Trinajstić information content (AvgIpc) is 3.03. The third kappa shape index (κ3) is 3.61. The maximum Gasteiger partial charge on any atom is 0.137 e. The summed E-state index contributed by atoms with van der Waals surface area (Å²) in [6.45, 7) is 4.73. The van der Waals surface area contributed by atoms with Crippen LogP contribution in [0, 0.1) is 0 Å². The van der Waals surface area contributed by atoms with Gasteiger partial charge in [-0.3, -0.25) is 4.90 Å². The second-order valence-corrected chi connectivity index (χ2v) is 7.27. The standard InChI is InChI=1S/C19H20Cl2N4O/c1-26-18-4-3-16(10-17(18)21)24-8-6-23(7-9-24)12-15-13-25-11-14(20)2-5-19(25)22-15/h2-5,10-11,13H,6-9,12H2,1H3. The van der Waals surface area contributed by atoms with Gasteiger partial charge in [-0.1, -0.05) is 23.2 Å². The third-order valence-corrected chi connectivity index (χ3v) is 5.24. The summed E-state index contributed by atoms with van der Waals surface area (Å²) in [5.41, 5.74) is 3.13. The van der Waals surface area contributed by atoms with E-state index in [9.17, 15) is 0 Å². The van der Waals surface area contributed by atoms with Gasteiger partial charge in [-0.15, -0.1) is 0 Å². The van der Waals surface area contributed by atoms with E-state index in [1.54, 1.807) is 7.11 Å². The lowest BCUT2D eigenvalue weighted by Gasteiger charge is -2.35. The number of ether oxygens (including phenoxy) is 1. The number of hydrogen-bond acceptors (Lipinski definition) is 4. The van der Waals surface area contributed by atoms with Crippen molar-refractivity contribution in [2.75, 3.05) is 38.2 Å². The van der Waals surface area contributed by atoms with Crippen LogP contribution in [0.4, 0.5) is 5.69 Å². The zero-order chi connectivity index (χ0) is 18.1. The first-order valence-electron chi connectivity index (χ1n) is 8.56. The number of pyridine rings is 1. The molecule has 0 saturated carbocycles. The van der Waals surface area contributed by atoms with E-state index in [4.69, 9.17) is 27.9 Å². The minimum Gasteiger partial charge on any atom is -0.495 e. The van der Waals surface area contributed by atoms with Gasteiger partial charge in [-0.2, -0.15) is 0 Å². The summed E-state index contributed by atoms with van der Waals surface area (Å²) < 4.78 is 7.21. The lowest BCUT2D eigenvalue weighted by molar-refractivity contribution is 0.247. The van der Waals surface area contributed by atoms with Crippen molar-refractivity contribution in [3.63, 3.8) is 0 Å². The molecule has 1 aliphatic rings. The molecule has 0 radical (unpaired) electrons. The van der Waals surface area contributed by atoms with Crippen LogP contribution >= 0.6 is 23.2 Å². The smallest absolute Gasteiger partial charge is 0.137 e. The molecule has 0 amide bonds. The first-order chi connectivity index (χ1) is 12.6. The molecule has 0 aliphatic carbocycles. The molecule has 1 aromatic carbocycles. The lowest BCUT2D eigenvalue weighted by Crippen LogP contribution is -2.46. The Balaban J connectivity index is 1.39. The molecule has 0 bridgehead atoms. The molecular weight excluding hydrogens is 371 g/mol. The van der Waals surface area contributed by atoms with Crippen LogP contribution in [0.2, 0.25) is 10.0 Å². The fourth-order valence-corrected chi connectivity index (χ4v) is 3.76. The van der Waals surface area contributed by atoms with E-state index in [0.717, 1.165) is 49.8 Å². The first kappa shape index (κ1) is 17.5. The molecule has 3 heterocycles. The van der Waals surface area contributed by atoms with Gasteiger partial charge >= 0.3 is 0 Å². The number of piperazine rings is 1. The minimum absolute atomic E-state index is 0.649. The SMILES string of the molecule is COc1ccc(N2CCN(Cc3cn4cc(Cl)ccc4n3)CC2)cc1Cl. The number of imidazole rings is 1. The summed E-state index contributed by atoms with van der Waals surface area (Å²) in [7, 11) is 1.63. The van der Waals surface area contributed by atoms with Crippen LogP contribution in [-0.2, 0) is 6.54 Å². The Bertz CT molecular complexity index is 919. The number of fused-ring (bicyclic) bond motifs is 1. The molecule has 0 spiro atoms. The molecule has 0 unspecified atom stereocenters. The Morgan fingerprint density at radius 1 is 1.04 bits per heavy atom. The quantitative estimate of drug-likeness (QED) is 0.674. The fraction of sp³-hybridized carbons (Fsp3) is 0.316. The molecule has 1 aliphatic heterocycles. The largest absolute Gasteiger partial charge is 0.495 e. The van der Waals surface area contributed by atoms with Crippen LogP contribution in [0.3, 0.4) is 0 Å². The average molecular weight is 391 g/mol. The van der Waals surface area contributed by atoms with Crippen LogP contribution in [-0.4, -0.2) is 47.6 Å². The van der Waals surface area contributed by atoms with Gasteiger partial charge in [0.2, 0.25) is 0 Å². The van der Waals surface area contributed by atoms with Gasteiger partial charge in [0.05, 0.1) is 22.8 Å². The summed E-state index contributed by atoms with van der Waals surface area (Å²) in [4.78, 5) is 9.45. The topological polar surface area (TPSA) is 33.0 Å². The lowest BCUT2D eigenvalue weighted by atomic mass is 10.2. The zero-order valence-corrected chi connectivity index (χ0v) is 16.0. The van der Waals surface area contributed by atoms with Crippen molar-refractivity contribution in [2.24, 2.45) is 0 Å². The van der Waals surface area contributed by atoms with Crippen molar-refractivity contribution in [3.05, 3.63) is 58.5 Å². The Kier molecular flexibility index (Phi) is 4.94. The number of benzene rings is 1. The van der Waals surface area contributed by atoms with E-state index >= 15 is 0 Å². The van der Waals surface area contributed by atoms with Crippen molar-refractivity contribution in [1.82, 2.24) is 14.3 Å². The Hall–Kier alpha value is -1.95. The zero-order valence-electron chi connectivity index (χ0n) is 14.5. The van der Waals surface area contributed by atoms with E-state index in [-0.39, 0.29) is 0 Å². The number of hydrogen-bond donors (Lipinski definition) is 0. The Morgan fingerprint density at radius 2 is 1.85 bits per heavy atom. The molecular formula is C19H20Cl2N4O. The summed E-state index contributed by atoms with van der Waals surface area (Å²) in [6, 6.07) is 9.77. The van der Waals surface area contributed by atoms with E-state index in [1.807, 2.05) is 34.9 Å². The van der Waals surface area contributed by atoms with Gasteiger partial charge in [-0.05, 0) is 30.3 Å². The van der Waals surface area contributed by atoms with Gasteiger partial charge in [0.15, 0.2) is 0 Å². The van der Waals surface area contributed by atoms with Crippen molar-refractivity contribution in [3.8, 4) is 5.75 Å². The van der Waals surface area contributed by atoms with E-state index in [2.05, 4.69) is 27.0 Å². The maximum absolute atomic E-state index is 6.25. The Labute approximate surface area is 162 Å². The molecule has 0 atom stereocenters. The number of methoxy groups -OCH3 is 1. The minimum atomic E-state index is 0.649. The van der Waals surface area contributed by atoms with Crippen LogP contribution in [0.1, 0.15) is 5.69 Å². The highest BCUT2D eigenvalue weighted by molar-refractivity contribution is 6.32. The van der Waals surface area contributed by atoms with Gasteiger partial charge < -0.3 is 14.0 Å². The number of rotatable bonds is 4. The van der Waals surface area contributed by atoms with E-state index < -0.39 is 0 Å².